The first-order valence-corrected chi connectivity index (χ1v) is 32.3. The molecule has 0 fully saturated rings. The minimum Gasteiger partial charge on any atom is -0.310 e. The molecular weight excluding hydrogens is 1230 g/mol. The minimum absolute atomic E-state index is 0.0859. The van der Waals surface area contributed by atoms with E-state index in [2.05, 4.69) is 18.3 Å². The Kier molecular flexibility index (Phi) is 13.4. The lowest BCUT2D eigenvalue weighted by atomic mass is 9.93. The summed E-state index contributed by atoms with van der Waals surface area (Å²) in [6, 6.07) is 103. The van der Waals surface area contributed by atoms with Crippen molar-refractivity contribution in [1.29, 1.82) is 0 Å². The molecule has 0 aliphatic rings. The SMILES string of the molecule is FC(F)(F)c1cc(N(c2ccc3c(c2)c2ccccc2n3-c2ccccc2)c2ccc3c(c2)c2ccccc2n3-c2ccccc2)ccc1-c1ccc(N(c2ccc3c(c2)c2ccccc2n3-c2ccccc2)c2ccc3c(c2)c2ccccc2n3-c2ccccc2)cc1C(F)(F)F. The molecule has 0 N–H and O–H groups in total. The van der Waals surface area contributed by atoms with E-state index in [1.54, 1.807) is 9.80 Å². The topological polar surface area (TPSA) is 26.2 Å². The molecule has 0 bridgehead atoms. The number of aromatic nitrogens is 4. The zero-order valence-corrected chi connectivity index (χ0v) is 52.1. The van der Waals surface area contributed by atoms with Gasteiger partial charge in [-0.1, -0.05) is 158 Å². The largest absolute Gasteiger partial charge is 0.417 e. The summed E-state index contributed by atoms with van der Waals surface area (Å²) in [7, 11) is 0. The zero-order chi connectivity index (χ0) is 66.0. The number of hydrogen-bond acceptors (Lipinski definition) is 2. The molecule has 0 aliphatic heterocycles. The average molecular weight is 1290 g/mol. The number of nitrogens with zero attached hydrogens (tertiary/aromatic N) is 6. The fraction of sp³-hybridized carbons (Fsp3) is 0.0233. The van der Waals surface area contributed by atoms with E-state index < -0.39 is 34.6 Å². The van der Waals surface area contributed by atoms with Crippen LogP contribution in [0.25, 0.3) is 121 Å². The van der Waals surface area contributed by atoms with Gasteiger partial charge < -0.3 is 28.1 Å². The van der Waals surface area contributed by atoms with Gasteiger partial charge in [0.15, 0.2) is 0 Å². The minimum atomic E-state index is -5.15. The van der Waals surface area contributed by atoms with Gasteiger partial charge in [-0.25, -0.2) is 0 Å². The van der Waals surface area contributed by atoms with Crippen LogP contribution in [0.5, 0.6) is 0 Å². The Bertz CT molecular complexity index is 5470. The van der Waals surface area contributed by atoms with Gasteiger partial charge in [0, 0.05) is 100.0 Å². The molecule has 98 heavy (non-hydrogen) atoms. The third kappa shape index (κ3) is 9.42. The summed E-state index contributed by atoms with van der Waals surface area (Å²) < 4.78 is 108. The number of benzene rings is 14. The quantitative estimate of drug-likeness (QED) is 0.121. The summed E-state index contributed by atoms with van der Waals surface area (Å²) in [6.07, 6.45) is -10.3. The molecule has 0 atom stereocenters. The van der Waals surface area contributed by atoms with Gasteiger partial charge in [-0.05, 0) is 181 Å². The van der Waals surface area contributed by atoms with E-state index in [-0.39, 0.29) is 11.4 Å². The Hall–Kier alpha value is -12.5. The van der Waals surface area contributed by atoms with E-state index >= 15 is 26.3 Å². The molecule has 18 rings (SSSR count). The van der Waals surface area contributed by atoms with Crippen molar-refractivity contribution in [3.8, 4) is 33.9 Å². The normalized spacial score (nSPS) is 12.2. The van der Waals surface area contributed by atoms with Gasteiger partial charge in [-0.3, -0.25) is 0 Å². The molecule has 0 saturated carbocycles. The summed E-state index contributed by atoms with van der Waals surface area (Å²) in [4.78, 5) is 3.55. The molecule has 18 aromatic rings. The highest BCUT2D eigenvalue weighted by atomic mass is 19.4. The summed E-state index contributed by atoms with van der Waals surface area (Å²) in [6.45, 7) is 0. The van der Waals surface area contributed by atoms with Gasteiger partial charge in [0.05, 0.1) is 55.3 Å². The van der Waals surface area contributed by atoms with E-state index in [9.17, 15) is 0 Å². The van der Waals surface area contributed by atoms with Crippen molar-refractivity contribution in [3.05, 3.63) is 339 Å². The van der Waals surface area contributed by atoms with E-state index in [0.29, 0.717) is 22.7 Å². The molecule has 0 unspecified atom stereocenters. The van der Waals surface area contributed by atoms with Crippen molar-refractivity contribution in [2.75, 3.05) is 9.80 Å². The smallest absolute Gasteiger partial charge is 0.310 e. The van der Waals surface area contributed by atoms with E-state index in [4.69, 9.17) is 0 Å². The van der Waals surface area contributed by atoms with Crippen LogP contribution in [0, 0.1) is 0 Å². The summed E-state index contributed by atoms with van der Waals surface area (Å²) in [5.41, 5.74) is 9.58. The monoisotopic (exact) mass is 1280 g/mol. The van der Waals surface area contributed by atoms with Crippen LogP contribution in [-0.2, 0) is 12.4 Å². The van der Waals surface area contributed by atoms with Gasteiger partial charge in [0.1, 0.15) is 0 Å². The molecule has 4 heterocycles. The van der Waals surface area contributed by atoms with Crippen molar-refractivity contribution in [1.82, 2.24) is 18.3 Å². The highest BCUT2D eigenvalue weighted by Gasteiger charge is 2.40. The van der Waals surface area contributed by atoms with Gasteiger partial charge in [0.2, 0.25) is 0 Å². The lowest BCUT2D eigenvalue weighted by Gasteiger charge is -2.29. The van der Waals surface area contributed by atoms with Gasteiger partial charge in [0.25, 0.3) is 0 Å². The summed E-state index contributed by atoms with van der Waals surface area (Å²) in [5, 5.41) is 7.10. The lowest BCUT2D eigenvalue weighted by molar-refractivity contribution is -0.139. The Labute approximate surface area is 557 Å². The van der Waals surface area contributed by atoms with Gasteiger partial charge >= 0.3 is 12.4 Å². The lowest BCUT2D eigenvalue weighted by Crippen LogP contribution is -2.16. The van der Waals surface area contributed by atoms with Crippen molar-refractivity contribution < 1.29 is 26.3 Å². The number of fused-ring (bicyclic) bond motifs is 12. The molecule has 0 aliphatic carbocycles. The van der Waals surface area contributed by atoms with Crippen molar-refractivity contribution >= 4 is 121 Å². The van der Waals surface area contributed by atoms with Crippen LogP contribution < -0.4 is 9.80 Å². The molecule has 14 aromatic carbocycles. The number of para-hydroxylation sites is 8. The molecule has 0 radical (unpaired) electrons. The van der Waals surface area contributed by atoms with Crippen LogP contribution in [-0.4, -0.2) is 18.3 Å². The number of rotatable bonds is 11. The summed E-state index contributed by atoms with van der Waals surface area (Å²) >= 11 is 0. The van der Waals surface area contributed by atoms with Gasteiger partial charge in [-0.2, -0.15) is 26.3 Å². The molecule has 0 saturated heterocycles. The predicted octanol–water partition coefficient (Wildman–Crippen LogP) is 24.7. The van der Waals surface area contributed by atoms with Crippen LogP contribution in [0.15, 0.2) is 328 Å². The number of alkyl halides is 6. The van der Waals surface area contributed by atoms with Crippen molar-refractivity contribution in [3.63, 3.8) is 0 Å². The summed E-state index contributed by atoms with van der Waals surface area (Å²) in [5.74, 6) is 0. The highest BCUT2D eigenvalue weighted by molar-refractivity contribution is 6.15. The molecule has 6 nitrogen and oxygen atoms in total. The van der Waals surface area contributed by atoms with Crippen molar-refractivity contribution in [2.24, 2.45) is 0 Å². The van der Waals surface area contributed by atoms with Gasteiger partial charge in [-0.15, -0.1) is 0 Å². The maximum absolute atomic E-state index is 16.5. The van der Waals surface area contributed by atoms with Crippen LogP contribution in [0.2, 0.25) is 0 Å². The fourth-order valence-corrected chi connectivity index (χ4v) is 15.0. The van der Waals surface area contributed by atoms with E-state index in [0.717, 1.165) is 122 Å². The van der Waals surface area contributed by atoms with Crippen LogP contribution in [0.3, 0.4) is 0 Å². The standard InChI is InChI=1S/C86H54F6N6/c87-85(88,89)75-53-63(93(59-39-45-81-71(49-59)67-29-13-17-33-77(67)95(81)55-21-5-1-6-22-55)60-40-46-82-72(50-60)68-30-14-18-34-78(68)96(82)56-23-7-2-8-24-56)37-43-65(75)66-44-38-64(54-76(66)86(90,91)92)94(61-41-47-83-73(51-61)69-31-15-19-35-79(69)97(83)57-25-9-3-10-26-57)62-42-48-84-74(52-62)70-32-16-20-36-80(70)98(84)58-27-11-4-12-28-58/h1-54H. The highest BCUT2D eigenvalue weighted by Crippen LogP contribution is 2.51. The molecular formula is C86H54F6N6. The second-order valence-electron chi connectivity index (χ2n) is 24.7. The molecule has 4 aromatic heterocycles. The first-order chi connectivity index (χ1) is 47.9. The third-order valence-electron chi connectivity index (χ3n) is 19.1. The third-order valence-corrected chi connectivity index (χ3v) is 19.1. The maximum atomic E-state index is 16.5. The number of hydrogen-bond donors (Lipinski definition) is 0. The predicted molar refractivity (Wildman–Crippen MR) is 389 cm³/mol. The Balaban J connectivity index is 0.835. The molecule has 12 heteroatoms. The second kappa shape index (κ2) is 22.6. The first-order valence-electron chi connectivity index (χ1n) is 32.3. The Morgan fingerprint density at radius 2 is 0.398 bits per heavy atom. The van der Waals surface area contributed by atoms with Crippen LogP contribution in [0.4, 0.5) is 60.5 Å². The van der Waals surface area contributed by atoms with Crippen LogP contribution in [0.1, 0.15) is 11.1 Å². The van der Waals surface area contributed by atoms with Crippen molar-refractivity contribution in [2.45, 2.75) is 12.4 Å². The van der Waals surface area contributed by atoms with E-state index in [1.165, 1.54) is 24.3 Å². The average Bonchev–Trinajstić information content (AvgIpc) is 0.819. The molecule has 0 amide bonds. The molecule has 0 spiro atoms. The Morgan fingerprint density at radius 3 is 0.643 bits per heavy atom. The number of anilines is 6. The molecule has 470 valence electrons. The number of halogens is 6. The Morgan fingerprint density at radius 1 is 0.194 bits per heavy atom. The second-order valence-corrected chi connectivity index (χ2v) is 24.7. The maximum Gasteiger partial charge on any atom is 0.417 e. The first kappa shape index (κ1) is 58.1. The zero-order valence-electron chi connectivity index (χ0n) is 52.1. The van der Waals surface area contributed by atoms with E-state index in [1.807, 2.05) is 291 Å². The van der Waals surface area contributed by atoms with Crippen LogP contribution >= 0.6 is 0 Å². The fourth-order valence-electron chi connectivity index (χ4n) is 15.0.